The minimum Gasteiger partial charge on any atom is -0.486 e. The molecule has 102 valence electrons. The van der Waals surface area contributed by atoms with E-state index in [-0.39, 0.29) is 17.9 Å². The van der Waals surface area contributed by atoms with Gasteiger partial charge in [0.15, 0.2) is 11.6 Å². The zero-order valence-electron chi connectivity index (χ0n) is 11.3. The van der Waals surface area contributed by atoms with Crippen molar-refractivity contribution >= 4 is 0 Å². The molecule has 0 saturated heterocycles. The van der Waals surface area contributed by atoms with Crippen molar-refractivity contribution in [2.24, 2.45) is 0 Å². The molecular weight excluding hydrogens is 243 g/mol. The van der Waals surface area contributed by atoms with Gasteiger partial charge in [0.25, 0.3) is 0 Å². The second-order valence-electron chi connectivity index (χ2n) is 3.66. The number of halogens is 1. The van der Waals surface area contributed by atoms with E-state index in [1.807, 2.05) is 44.2 Å². The van der Waals surface area contributed by atoms with E-state index in [0.29, 0.717) is 6.61 Å². The SMILES string of the molecule is CC.OCc1cccc(OCc2ccccc2)c1F. The van der Waals surface area contributed by atoms with Crippen molar-refractivity contribution in [3.8, 4) is 5.75 Å². The van der Waals surface area contributed by atoms with Gasteiger partial charge in [-0.2, -0.15) is 0 Å². The summed E-state index contributed by atoms with van der Waals surface area (Å²) in [5, 5.41) is 8.93. The average Bonchev–Trinajstić information content (AvgIpc) is 2.49. The number of ether oxygens (including phenoxy) is 1. The molecule has 0 amide bonds. The van der Waals surface area contributed by atoms with Crippen LogP contribution in [0.25, 0.3) is 0 Å². The third kappa shape index (κ3) is 4.38. The second kappa shape index (κ2) is 8.27. The van der Waals surface area contributed by atoms with Crippen molar-refractivity contribution in [1.29, 1.82) is 0 Å². The van der Waals surface area contributed by atoms with Crippen LogP contribution in [0, 0.1) is 5.82 Å². The monoisotopic (exact) mass is 262 g/mol. The van der Waals surface area contributed by atoms with Gasteiger partial charge in [0.05, 0.1) is 6.61 Å². The first-order valence-electron chi connectivity index (χ1n) is 6.36. The maximum atomic E-state index is 13.7. The first kappa shape index (κ1) is 15.2. The quantitative estimate of drug-likeness (QED) is 0.904. The highest BCUT2D eigenvalue weighted by atomic mass is 19.1. The van der Waals surface area contributed by atoms with Gasteiger partial charge in [-0.1, -0.05) is 56.3 Å². The van der Waals surface area contributed by atoms with Crippen LogP contribution in [0.2, 0.25) is 0 Å². The molecule has 2 aromatic rings. The molecule has 0 spiro atoms. The molecule has 3 heteroatoms. The first-order chi connectivity index (χ1) is 9.31. The zero-order valence-corrected chi connectivity index (χ0v) is 11.3. The third-order valence-corrected chi connectivity index (χ3v) is 2.45. The molecule has 0 aliphatic carbocycles. The average molecular weight is 262 g/mol. The van der Waals surface area contributed by atoms with Crippen molar-refractivity contribution in [3.05, 3.63) is 65.5 Å². The van der Waals surface area contributed by atoms with Crippen molar-refractivity contribution in [2.45, 2.75) is 27.1 Å². The van der Waals surface area contributed by atoms with Crippen LogP contribution >= 0.6 is 0 Å². The summed E-state index contributed by atoms with van der Waals surface area (Å²) in [6, 6.07) is 14.3. The summed E-state index contributed by atoms with van der Waals surface area (Å²) in [5.74, 6) is -0.327. The highest BCUT2D eigenvalue weighted by Crippen LogP contribution is 2.21. The van der Waals surface area contributed by atoms with Gasteiger partial charge < -0.3 is 9.84 Å². The Kier molecular flexibility index (Phi) is 6.61. The molecule has 1 N–H and O–H groups in total. The Bertz CT molecular complexity index is 483. The molecule has 0 fully saturated rings. The maximum absolute atomic E-state index is 13.7. The molecule has 0 unspecified atom stereocenters. The standard InChI is InChI=1S/C14H13FO2.C2H6/c15-14-12(9-16)7-4-8-13(14)17-10-11-5-2-1-3-6-11;1-2/h1-8,16H,9-10H2;1-2H3. The lowest BCUT2D eigenvalue weighted by atomic mass is 10.2. The summed E-state index contributed by atoms with van der Waals surface area (Å²) >= 11 is 0. The van der Waals surface area contributed by atoms with E-state index in [1.54, 1.807) is 12.1 Å². The molecule has 0 bridgehead atoms. The molecule has 2 rings (SSSR count). The Morgan fingerprint density at radius 3 is 2.32 bits per heavy atom. The number of benzene rings is 2. The Labute approximate surface area is 113 Å². The molecule has 0 aliphatic rings. The molecule has 0 saturated carbocycles. The van der Waals surface area contributed by atoms with Crippen molar-refractivity contribution < 1.29 is 14.2 Å². The van der Waals surface area contributed by atoms with Gasteiger partial charge in [-0.15, -0.1) is 0 Å². The number of aliphatic hydroxyl groups is 1. The minimum absolute atomic E-state index is 0.167. The molecule has 2 nitrogen and oxygen atoms in total. The van der Waals surface area contributed by atoms with Crippen molar-refractivity contribution in [3.63, 3.8) is 0 Å². The summed E-state index contributed by atoms with van der Waals surface area (Å²) in [5.41, 5.74) is 1.22. The van der Waals surface area contributed by atoms with Crippen molar-refractivity contribution in [2.75, 3.05) is 0 Å². The van der Waals surface area contributed by atoms with Gasteiger partial charge in [-0.25, -0.2) is 4.39 Å². The van der Waals surface area contributed by atoms with E-state index >= 15 is 0 Å². The van der Waals surface area contributed by atoms with Crippen LogP contribution in [-0.2, 0) is 13.2 Å². The zero-order chi connectivity index (χ0) is 14.1. The lowest BCUT2D eigenvalue weighted by Crippen LogP contribution is -1.99. The predicted molar refractivity (Wildman–Crippen MR) is 74.4 cm³/mol. The summed E-state index contributed by atoms with van der Waals surface area (Å²) in [6.07, 6.45) is 0. The van der Waals surface area contributed by atoms with E-state index < -0.39 is 5.82 Å². The van der Waals surface area contributed by atoms with Crippen molar-refractivity contribution in [1.82, 2.24) is 0 Å². The van der Waals surface area contributed by atoms with Gasteiger partial charge in [0, 0.05) is 5.56 Å². The van der Waals surface area contributed by atoms with Crippen LogP contribution in [0.4, 0.5) is 4.39 Å². The first-order valence-corrected chi connectivity index (χ1v) is 6.36. The normalized spacial score (nSPS) is 9.47. The van der Waals surface area contributed by atoms with Crippen LogP contribution in [0.1, 0.15) is 25.0 Å². The van der Waals surface area contributed by atoms with E-state index in [0.717, 1.165) is 5.56 Å². The Morgan fingerprint density at radius 1 is 1.00 bits per heavy atom. The van der Waals surface area contributed by atoms with E-state index in [1.165, 1.54) is 6.07 Å². The minimum atomic E-state index is -0.495. The molecule has 0 atom stereocenters. The van der Waals surface area contributed by atoms with E-state index in [2.05, 4.69) is 0 Å². The lowest BCUT2D eigenvalue weighted by Gasteiger charge is -2.09. The highest BCUT2D eigenvalue weighted by molar-refractivity contribution is 5.31. The van der Waals surface area contributed by atoms with E-state index in [4.69, 9.17) is 9.84 Å². The largest absolute Gasteiger partial charge is 0.486 e. The fourth-order valence-electron chi connectivity index (χ4n) is 1.53. The van der Waals surface area contributed by atoms with Gasteiger partial charge in [0.2, 0.25) is 0 Å². The van der Waals surface area contributed by atoms with Crippen LogP contribution in [0.3, 0.4) is 0 Å². The number of rotatable bonds is 4. The summed E-state index contributed by atoms with van der Waals surface area (Å²) in [7, 11) is 0. The maximum Gasteiger partial charge on any atom is 0.170 e. The summed E-state index contributed by atoms with van der Waals surface area (Å²) < 4.78 is 19.1. The smallest absolute Gasteiger partial charge is 0.170 e. The molecule has 0 radical (unpaired) electrons. The molecule has 0 heterocycles. The topological polar surface area (TPSA) is 29.5 Å². The fourth-order valence-corrected chi connectivity index (χ4v) is 1.53. The Balaban J connectivity index is 0.000000861. The van der Waals surface area contributed by atoms with Gasteiger partial charge in [-0.3, -0.25) is 0 Å². The van der Waals surface area contributed by atoms with Crippen LogP contribution in [-0.4, -0.2) is 5.11 Å². The molecule has 0 aliphatic heterocycles. The summed E-state index contributed by atoms with van der Waals surface area (Å²) in [4.78, 5) is 0. The molecule has 2 aromatic carbocycles. The summed E-state index contributed by atoms with van der Waals surface area (Å²) in [6.45, 7) is 3.99. The highest BCUT2D eigenvalue weighted by Gasteiger charge is 2.08. The number of aliphatic hydroxyl groups excluding tert-OH is 1. The van der Waals surface area contributed by atoms with Crippen LogP contribution in [0.15, 0.2) is 48.5 Å². The molecule has 0 aromatic heterocycles. The predicted octanol–water partition coefficient (Wildman–Crippen LogP) is 3.92. The van der Waals surface area contributed by atoms with Gasteiger partial charge in [0.1, 0.15) is 6.61 Å². The number of hydrogen-bond acceptors (Lipinski definition) is 2. The molecular formula is C16H19FO2. The van der Waals surface area contributed by atoms with Gasteiger partial charge >= 0.3 is 0 Å². The lowest BCUT2D eigenvalue weighted by molar-refractivity contribution is 0.263. The van der Waals surface area contributed by atoms with Crippen LogP contribution < -0.4 is 4.74 Å². The fraction of sp³-hybridized carbons (Fsp3) is 0.250. The van der Waals surface area contributed by atoms with Crippen LogP contribution in [0.5, 0.6) is 5.75 Å². The second-order valence-corrected chi connectivity index (χ2v) is 3.66. The Morgan fingerprint density at radius 2 is 1.68 bits per heavy atom. The van der Waals surface area contributed by atoms with E-state index in [9.17, 15) is 4.39 Å². The van der Waals surface area contributed by atoms with Gasteiger partial charge in [-0.05, 0) is 11.6 Å². The number of hydrogen-bond donors (Lipinski definition) is 1. The third-order valence-electron chi connectivity index (χ3n) is 2.45. The molecule has 19 heavy (non-hydrogen) atoms. The Hall–Kier alpha value is -1.87.